The first-order valence-corrected chi connectivity index (χ1v) is 4.82. The number of allylic oxidation sites excluding steroid dienone is 7. The van der Waals surface area contributed by atoms with Crippen LogP contribution in [0.15, 0.2) is 47.6 Å². The molecule has 1 unspecified atom stereocenters. The van der Waals surface area contributed by atoms with Crippen molar-refractivity contribution in [3.8, 4) is 0 Å². The first kappa shape index (κ1) is 10.0. The Hall–Kier alpha value is -1.04. The second kappa shape index (κ2) is 4.27. The predicted molar refractivity (Wildman–Crippen MR) is 59.6 cm³/mol. The molecule has 0 fully saturated rings. The predicted octanol–water partition coefficient (Wildman–Crippen LogP) is 4.03. The summed E-state index contributed by atoms with van der Waals surface area (Å²) in [6.45, 7) is 10.3. The van der Waals surface area contributed by atoms with Crippen LogP contribution in [0.25, 0.3) is 0 Å². The van der Waals surface area contributed by atoms with Crippen LogP contribution in [0.3, 0.4) is 0 Å². The van der Waals surface area contributed by atoms with Crippen molar-refractivity contribution >= 4 is 0 Å². The van der Waals surface area contributed by atoms with Gasteiger partial charge in [-0.2, -0.15) is 0 Å². The van der Waals surface area contributed by atoms with Gasteiger partial charge in [0.2, 0.25) is 0 Å². The van der Waals surface area contributed by atoms with E-state index in [1.807, 2.05) is 0 Å². The zero-order chi connectivity index (χ0) is 9.84. The quantitative estimate of drug-likeness (QED) is 0.554. The van der Waals surface area contributed by atoms with Crippen LogP contribution in [0.2, 0.25) is 0 Å². The highest BCUT2D eigenvalue weighted by molar-refractivity contribution is 5.46. The van der Waals surface area contributed by atoms with E-state index in [0.717, 1.165) is 6.42 Å². The van der Waals surface area contributed by atoms with Crippen LogP contribution >= 0.6 is 0 Å². The average Bonchev–Trinajstić information content (AvgIpc) is 2.08. The normalized spacial score (nSPS) is 22.8. The minimum Gasteiger partial charge on any atom is -0.0955 e. The summed E-state index contributed by atoms with van der Waals surface area (Å²) in [4.78, 5) is 0. The van der Waals surface area contributed by atoms with Crippen molar-refractivity contribution in [3.05, 3.63) is 47.6 Å². The van der Waals surface area contributed by atoms with Gasteiger partial charge in [0.25, 0.3) is 0 Å². The maximum Gasteiger partial charge on any atom is -0.000968 e. The van der Waals surface area contributed by atoms with Crippen LogP contribution in [-0.2, 0) is 0 Å². The van der Waals surface area contributed by atoms with Crippen LogP contribution in [0.4, 0.5) is 0 Å². The summed E-state index contributed by atoms with van der Waals surface area (Å²) in [5, 5.41) is 0. The Morgan fingerprint density at radius 3 is 2.85 bits per heavy atom. The van der Waals surface area contributed by atoms with Crippen LogP contribution in [-0.4, -0.2) is 0 Å². The molecule has 0 spiro atoms. The maximum atomic E-state index is 3.99. The van der Waals surface area contributed by atoms with Gasteiger partial charge in [-0.25, -0.2) is 0 Å². The molecule has 0 N–H and O–H groups in total. The molecule has 0 aromatic heterocycles. The highest BCUT2D eigenvalue weighted by atomic mass is 14.2. The molecule has 0 heterocycles. The van der Waals surface area contributed by atoms with E-state index in [4.69, 9.17) is 0 Å². The van der Waals surface area contributed by atoms with E-state index in [2.05, 4.69) is 51.7 Å². The third-order valence-corrected chi connectivity index (χ3v) is 2.40. The largest absolute Gasteiger partial charge is 0.0955 e. The van der Waals surface area contributed by atoms with E-state index in [-0.39, 0.29) is 0 Å². The fraction of sp³-hybridized carbons (Fsp3) is 0.385. The molecular formula is C13H18. The SMILES string of the molecule is C=C(C)C1=CC(C=CC)CC=C1C. The molecule has 0 radical (unpaired) electrons. The second-order valence-electron chi connectivity index (χ2n) is 3.67. The van der Waals surface area contributed by atoms with Crippen LogP contribution in [0, 0.1) is 5.92 Å². The first-order valence-electron chi connectivity index (χ1n) is 4.82. The molecule has 1 aliphatic rings. The molecule has 1 rings (SSSR count). The van der Waals surface area contributed by atoms with E-state index < -0.39 is 0 Å². The minimum atomic E-state index is 0.570. The standard InChI is InChI=1S/C13H18/c1-5-6-12-8-7-11(4)13(9-12)10(2)3/h5-7,9,12H,2,8H2,1,3-4H3. The summed E-state index contributed by atoms with van der Waals surface area (Å²) in [6, 6.07) is 0. The molecule has 0 amide bonds. The van der Waals surface area contributed by atoms with Gasteiger partial charge in [-0.3, -0.25) is 0 Å². The van der Waals surface area contributed by atoms with Crippen molar-refractivity contribution in [2.24, 2.45) is 5.92 Å². The fourth-order valence-corrected chi connectivity index (χ4v) is 1.70. The molecule has 0 heteroatoms. The van der Waals surface area contributed by atoms with Crippen LogP contribution in [0.1, 0.15) is 27.2 Å². The van der Waals surface area contributed by atoms with Gasteiger partial charge in [-0.15, -0.1) is 0 Å². The molecule has 0 saturated carbocycles. The summed E-state index contributed by atoms with van der Waals surface area (Å²) in [6.07, 6.45) is 10.1. The zero-order valence-electron chi connectivity index (χ0n) is 8.80. The van der Waals surface area contributed by atoms with E-state index in [1.165, 1.54) is 16.7 Å². The molecule has 0 saturated heterocycles. The summed E-state index contributed by atoms with van der Waals surface area (Å²) in [5.74, 6) is 0.570. The maximum absolute atomic E-state index is 3.99. The number of rotatable bonds is 2. The van der Waals surface area contributed by atoms with E-state index >= 15 is 0 Å². The van der Waals surface area contributed by atoms with Crippen molar-refractivity contribution in [1.29, 1.82) is 0 Å². The molecule has 0 bridgehead atoms. The topological polar surface area (TPSA) is 0 Å². The molecule has 0 nitrogen and oxygen atoms in total. The van der Waals surface area contributed by atoms with Crippen molar-refractivity contribution in [1.82, 2.24) is 0 Å². The monoisotopic (exact) mass is 174 g/mol. The number of hydrogen-bond donors (Lipinski definition) is 0. The van der Waals surface area contributed by atoms with Gasteiger partial charge in [0.05, 0.1) is 0 Å². The van der Waals surface area contributed by atoms with Gasteiger partial charge in [0.1, 0.15) is 0 Å². The molecule has 1 atom stereocenters. The summed E-state index contributed by atoms with van der Waals surface area (Å²) in [5.41, 5.74) is 3.87. The lowest BCUT2D eigenvalue weighted by Crippen LogP contribution is -2.01. The number of hydrogen-bond acceptors (Lipinski definition) is 0. The Morgan fingerprint density at radius 1 is 1.62 bits per heavy atom. The zero-order valence-corrected chi connectivity index (χ0v) is 8.80. The molecule has 0 aromatic rings. The highest BCUT2D eigenvalue weighted by Gasteiger charge is 2.10. The fourth-order valence-electron chi connectivity index (χ4n) is 1.70. The third-order valence-electron chi connectivity index (χ3n) is 2.40. The molecule has 0 aromatic carbocycles. The molecule has 70 valence electrons. The third kappa shape index (κ3) is 2.45. The summed E-state index contributed by atoms with van der Waals surface area (Å²) < 4.78 is 0. The van der Waals surface area contributed by atoms with E-state index in [9.17, 15) is 0 Å². The van der Waals surface area contributed by atoms with Gasteiger partial charge < -0.3 is 0 Å². The lowest BCUT2D eigenvalue weighted by Gasteiger charge is -2.17. The lowest BCUT2D eigenvalue weighted by atomic mass is 9.88. The van der Waals surface area contributed by atoms with Crippen molar-refractivity contribution in [2.75, 3.05) is 0 Å². The van der Waals surface area contributed by atoms with Gasteiger partial charge in [0.15, 0.2) is 0 Å². The Kier molecular flexibility index (Phi) is 3.30. The summed E-state index contributed by atoms with van der Waals surface area (Å²) >= 11 is 0. The van der Waals surface area contributed by atoms with Gasteiger partial charge >= 0.3 is 0 Å². The van der Waals surface area contributed by atoms with Crippen LogP contribution < -0.4 is 0 Å². The van der Waals surface area contributed by atoms with Gasteiger partial charge in [0, 0.05) is 0 Å². The molecular weight excluding hydrogens is 156 g/mol. The molecule has 0 aliphatic heterocycles. The Labute approximate surface area is 81.4 Å². The van der Waals surface area contributed by atoms with Crippen molar-refractivity contribution in [3.63, 3.8) is 0 Å². The Bertz CT molecular complexity index is 287. The first-order chi connectivity index (χ1) is 6.15. The Morgan fingerprint density at radius 2 is 2.31 bits per heavy atom. The second-order valence-corrected chi connectivity index (χ2v) is 3.67. The average molecular weight is 174 g/mol. The summed E-state index contributed by atoms with van der Waals surface area (Å²) in [7, 11) is 0. The van der Waals surface area contributed by atoms with Crippen molar-refractivity contribution < 1.29 is 0 Å². The highest BCUT2D eigenvalue weighted by Crippen LogP contribution is 2.27. The van der Waals surface area contributed by atoms with Crippen molar-refractivity contribution in [2.45, 2.75) is 27.2 Å². The van der Waals surface area contributed by atoms with Crippen LogP contribution in [0.5, 0.6) is 0 Å². The van der Waals surface area contributed by atoms with Gasteiger partial charge in [-0.1, -0.05) is 36.5 Å². The van der Waals surface area contributed by atoms with E-state index in [1.54, 1.807) is 0 Å². The van der Waals surface area contributed by atoms with E-state index in [0.29, 0.717) is 5.92 Å². The molecule has 13 heavy (non-hydrogen) atoms. The minimum absolute atomic E-state index is 0.570. The van der Waals surface area contributed by atoms with Gasteiger partial charge in [-0.05, 0) is 44.3 Å². The smallest absolute Gasteiger partial charge is 0.000968 e. The Balaban J connectivity index is 2.88. The lowest BCUT2D eigenvalue weighted by molar-refractivity contribution is 0.802. The molecule has 1 aliphatic carbocycles.